The van der Waals surface area contributed by atoms with Crippen LogP contribution in [0.5, 0.6) is 0 Å². The highest BCUT2D eigenvalue weighted by Crippen LogP contribution is 2.32. The second-order valence-electron chi connectivity index (χ2n) is 6.14. The van der Waals surface area contributed by atoms with Gasteiger partial charge >= 0.3 is 0 Å². The summed E-state index contributed by atoms with van der Waals surface area (Å²) in [6, 6.07) is 8.75. The van der Waals surface area contributed by atoms with Crippen LogP contribution in [0.2, 0.25) is 0 Å². The third kappa shape index (κ3) is 3.08. The van der Waals surface area contributed by atoms with E-state index < -0.39 is 0 Å². The Morgan fingerprint density at radius 3 is 2.73 bits per heavy atom. The molecule has 1 aromatic heterocycles. The van der Waals surface area contributed by atoms with E-state index in [2.05, 4.69) is 43.4 Å². The first-order valence-corrected chi connectivity index (χ1v) is 8.63. The number of carbonyl (C=O) groups is 1. The number of aryl methyl sites for hydroxylation is 1. The van der Waals surface area contributed by atoms with Crippen LogP contribution in [0.1, 0.15) is 34.1 Å². The molecule has 0 saturated carbocycles. The largest absolute Gasteiger partial charge is 0.327 e. The molecule has 0 aliphatic carbocycles. The van der Waals surface area contributed by atoms with Crippen LogP contribution in [0.25, 0.3) is 0 Å². The second kappa shape index (κ2) is 6.23. The Bertz CT molecular complexity index is 705. The minimum Gasteiger partial charge on any atom is -0.327 e. The number of quaternary nitrogens is 1. The van der Waals surface area contributed by atoms with Crippen LogP contribution in [-0.4, -0.2) is 12.5 Å². The number of fused-ring (bicyclic) bond motifs is 1. The van der Waals surface area contributed by atoms with E-state index in [0.717, 1.165) is 31.1 Å². The molecule has 4 heteroatoms. The predicted octanol–water partition coefficient (Wildman–Crippen LogP) is 2.46. The Morgan fingerprint density at radius 1 is 1.27 bits per heavy atom. The van der Waals surface area contributed by atoms with Crippen LogP contribution in [0, 0.1) is 13.8 Å². The van der Waals surface area contributed by atoms with Crippen LogP contribution in [0.4, 0.5) is 5.00 Å². The molecule has 0 saturated heterocycles. The molecular formula is C18H23N2OS+. The van der Waals surface area contributed by atoms with E-state index in [9.17, 15) is 4.79 Å². The minimum atomic E-state index is 0.0153. The number of hydrogen-bond acceptors (Lipinski definition) is 2. The maximum absolute atomic E-state index is 11.4. The molecule has 2 N–H and O–H groups in total. The lowest BCUT2D eigenvalue weighted by Crippen LogP contribution is -3.10. The highest BCUT2D eigenvalue weighted by molar-refractivity contribution is 7.16. The highest BCUT2D eigenvalue weighted by Gasteiger charge is 2.23. The number of benzene rings is 1. The van der Waals surface area contributed by atoms with Crippen LogP contribution in [-0.2, 0) is 24.3 Å². The zero-order chi connectivity index (χ0) is 15.7. The number of nitrogens with one attached hydrogen (secondary N) is 2. The summed E-state index contributed by atoms with van der Waals surface area (Å²) >= 11 is 1.70. The smallest absolute Gasteiger partial charge is 0.221 e. The van der Waals surface area contributed by atoms with Crippen LogP contribution >= 0.6 is 11.3 Å². The van der Waals surface area contributed by atoms with Gasteiger partial charge in [0.2, 0.25) is 5.91 Å². The lowest BCUT2D eigenvalue weighted by atomic mass is 9.99. The molecule has 2 heterocycles. The van der Waals surface area contributed by atoms with Crippen LogP contribution in [0.3, 0.4) is 0 Å². The molecule has 1 aliphatic rings. The normalized spacial score (nSPS) is 17.1. The van der Waals surface area contributed by atoms with E-state index in [0.29, 0.717) is 0 Å². The molecule has 1 amide bonds. The van der Waals surface area contributed by atoms with Gasteiger partial charge in [0, 0.05) is 29.3 Å². The summed E-state index contributed by atoms with van der Waals surface area (Å²) in [6.45, 7) is 9.10. The van der Waals surface area contributed by atoms with Crippen molar-refractivity contribution < 1.29 is 9.69 Å². The molecule has 0 fully saturated rings. The molecule has 2 aromatic rings. The molecule has 1 unspecified atom stereocenters. The Morgan fingerprint density at radius 2 is 2.00 bits per heavy atom. The molecule has 0 bridgehead atoms. The van der Waals surface area contributed by atoms with E-state index in [1.165, 1.54) is 27.1 Å². The fraction of sp³-hybridized carbons (Fsp3) is 0.389. The van der Waals surface area contributed by atoms with Gasteiger partial charge in [-0.1, -0.05) is 24.3 Å². The van der Waals surface area contributed by atoms with E-state index >= 15 is 0 Å². The van der Waals surface area contributed by atoms with Gasteiger partial charge in [0.05, 0.1) is 6.54 Å². The van der Waals surface area contributed by atoms with Crippen LogP contribution in [0.15, 0.2) is 24.3 Å². The monoisotopic (exact) mass is 315 g/mol. The van der Waals surface area contributed by atoms with Gasteiger partial charge in [-0.3, -0.25) is 4.79 Å². The summed E-state index contributed by atoms with van der Waals surface area (Å²) in [6.07, 6.45) is 1.14. The number of hydrogen-bond donors (Lipinski definition) is 2. The van der Waals surface area contributed by atoms with Crippen molar-refractivity contribution in [3.63, 3.8) is 0 Å². The number of rotatable bonds is 3. The molecule has 116 valence electrons. The fourth-order valence-electron chi connectivity index (χ4n) is 3.19. The Hall–Kier alpha value is -1.65. The average Bonchev–Trinajstić information content (AvgIpc) is 2.74. The topological polar surface area (TPSA) is 33.5 Å². The third-order valence-corrected chi connectivity index (χ3v) is 5.70. The number of anilines is 1. The maximum Gasteiger partial charge on any atom is 0.221 e. The summed E-state index contributed by atoms with van der Waals surface area (Å²) in [5.74, 6) is 0.0153. The first-order valence-electron chi connectivity index (χ1n) is 7.81. The van der Waals surface area contributed by atoms with Crippen molar-refractivity contribution in [2.24, 2.45) is 0 Å². The first-order chi connectivity index (χ1) is 10.5. The van der Waals surface area contributed by atoms with Crippen molar-refractivity contribution in [1.29, 1.82) is 0 Å². The van der Waals surface area contributed by atoms with E-state index in [-0.39, 0.29) is 5.91 Å². The SMILES string of the molecule is CC(=O)Nc1sc(C)c(C)c1C[NH+]1CCc2ccccc2C1. The van der Waals surface area contributed by atoms with E-state index in [4.69, 9.17) is 0 Å². The Balaban J connectivity index is 1.81. The summed E-state index contributed by atoms with van der Waals surface area (Å²) in [5.41, 5.74) is 5.60. The molecule has 1 aromatic carbocycles. The first kappa shape index (κ1) is 15.3. The van der Waals surface area contributed by atoms with E-state index in [1.807, 2.05) is 0 Å². The van der Waals surface area contributed by atoms with E-state index in [1.54, 1.807) is 23.2 Å². The van der Waals surface area contributed by atoms with Gasteiger partial charge in [-0.05, 0) is 25.0 Å². The standard InChI is InChI=1S/C18H22N2OS/c1-12-13(2)22-18(19-14(3)21)17(12)11-20-9-8-15-6-4-5-7-16(15)10-20/h4-7H,8-11H2,1-3H3,(H,19,21)/p+1. The van der Waals surface area contributed by atoms with Crippen molar-refractivity contribution in [3.05, 3.63) is 51.4 Å². The third-order valence-electron chi connectivity index (χ3n) is 4.53. The summed E-state index contributed by atoms with van der Waals surface area (Å²) in [5, 5.41) is 4.05. The second-order valence-corrected chi connectivity index (χ2v) is 7.37. The van der Waals surface area contributed by atoms with Crippen molar-refractivity contribution in [3.8, 4) is 0 Å². The zero-order valence-corrected chi connectivity index (χ0v) is 14.3. The molecule has 1 aliphatic heterocycles. The molecule has 1 atom stereocenters. The Labute approximate surface area is 136 Å². The van der Waals surface area contributed by atoms with Gasteiger partial charge in [-0.2, -0.15) is 0 Å². The van der Waals surface area contributed by atoms with Gasteiger partial charge < -0.3 is 10.2 Å². The summed E-state index contributed by atoms with van der Waals surface area (Å²) in [4.78, 5) is 14.3. The zero-order valence-electron chi connectivity index (χ0n) is 13.5. The molecular weight excluding hydrogens is 292 g/mol. The van der Waals surface area contributed by atoms with Crippen molar-refractivity contribution in [1.82, 2.24) is 0 Å². The maximum atomic E-state index is 11.4. The fourth-order valence-corrected chi connectivity index (χ4v) is 4.32. The molecule has 3 nitrogen and oxygen atoms in total. The van der Waals surface area contributed by atoms with Gasteiger partial charge in [0.1, 0.15) is 18.1 Å². The molecule has 3 rings (SSSR count). The lowest BCUT2D eigenvalue weighted by molar-refractivity contribution is -0.929. The summed E-state index contributed by atoms with van der Waals surface area (Å²) < 4.78 is 0. The van der Waals surface area contributed by atoms with Gasteiger partial charge in [0.15, 0.2) is 0 Å². The van der Waals surface area contributed by atoms with Crippen molar-refractivity contribution in [2.45, 2.75) is 40.3 Å². The molecule has 0 spiro atoms. The van der Waals surface area contributed by atoms with Gasteiger partial charge in [-0.15, -0.1) is 11.3 Å². The number of amides is 1. The van der Waals surface area contributed by atoms with Crippen molar-refractivity contribution >= 4 is 22.2 Å². The number of thiophene rings is 1. The van der Waals surface area contributed by atoms with Gasteiger partial charge in [0.25, 0.3) is 0 Å². The van der Waals surface area contributed by atoms with Crippen molar-refractivity contribution in [2.75, 3.05) is 11.9 Å². The van der Waals surface area contributed by atoms with Gasteiger partial charge in [-0.25, -0.2) is 0 Å². The minimum absolute atomic E-state index is 0.0153. The lowest BCUT2D eigenvalue weighted by Gasteiger charge is -2.26. The number of carbonyl (C=O) groups excluding carboxylic acids is 1. The Kier molecular flexibility index (Phi) is 4.32. The van der Waals surface area contributed by atoms with Crippen LogP contribution < -0.4 is 10.2 Å². The molecule has 0 radical (unpaired) electrons. The predicted molar refractivity (Wildman–Crippen MR) is 91.5 cm³/mol. The quantitative estimate of drug-likeness (QED) is 0.896. The average molecular weight is 315 g/mol. The highest BCUT2D eigenvalue weighted by atomic mass is 32.1. The summed E-state index contributed by atoms with van der Waals surface area (Å²) in [7, 11) is 0. The molecule has 22 heavy (non-hydrogen) atoms.